The number of unbranched alkanes of at least 4 members (excludes halogenated alkanes) is 2. The molecule has 5 heterocycles. The lowest BCUT2D eigenvalue weighted by atomic mass is 9.75. The van der Waals surface area contributed by atoms with Gasteiger partial charge in [-0.2, -0.15) is 0 Å². The number of aryl methyl sites for hydroxylation is 1. The number of carbonyl (C=O) groups is 9. The standard InChI is InChI=1S/C52H60FN9O11/c1-26(2)46(60-41(67)23-56-40(66)21-55-37(63)9-6-5-7-16-61-42(68)11-12-43(61)69)48(70)57-22-39(65)54-15-8-10-38(64)59-36-20-51(36)14-13-29-28(4)33(53)18-34-44(29)45(51)30-24-62-35(47(30)58-34)17-32-31(49(62)71)25-73-50(72)52(32)19-27(52)3/h11-12,17-18,26-27,36,46H,5-10,13-16,19-25H2,1-4H3,(H,54,65)(H,55,63)(H,56,66)(H,57,70)(H,59,64)(H,60,67)/t27?,36?,46-,51?,52?/m0/s1. The summed E-state index contributed by atoms with van der Waals surface area (Å²) in [4.78, 5) is 133. The van der Waals surface area contributed by atoms with E-state index >= 15 is 4.39 Å². The first-order chi connectivity index (χ1) is 34.8. The fourth-order valence-electron chi connectivity index (χ4n) is 11.3. The van der Waals surface area contributed by atoms with Gasteiger partial charge in [0.1, 0.15) is 18.5 Å². The average molecular weight is 1010 g/mol. The van der Waals surface area contributed by atoms with Crippen molar-refractivity contribution < 1.29 is 52.3 Å². The van der Waals surface area contributed by atoms with Crippen LogP contribution < -0.4 is 37.5 Å². The second kappa shape index (κ2) is 19.9. The Morgan fingerprint density at radius 3 is 2.23 bits per heavy atom. The molecule has 0 saturated heterocycles. The molecule has 20 nitrogen and oxygen atoms in total. The van der Waals surface area contributed by atoms with E-state index in [1.54, 1.807) is 25.3 Å². The van der Waals surface area contributed by atoms with E-state index in [4.69, 9.17) is 9.72 Å². The van der Waals surface area contributed by atoms with Gasteiger partial charge in [-0.3, -0.25) is 52.8 Å². The Hall–Kier alpha value is -7.32. The lowest BCUT2D eigenvalue weighted by Gasteiger charge is -2.30. The highest BCUT2D eigenvalue weighted by molar-refractivity contribution is 6.12. The number of imide groups is 1. The minimum atomic E-state index is -1.03. The molecular weight excluding hydrogens is 946 g/mol. The van der Waals surface area contributed by atoms with Crippen molar-refractivity contribution in [2.45, 2.75) is 128 Å². The Bertz CT molecular complexity index is 2990. The first kappa shape index (κ1) is 50.6. The van der Waals surface area contributed by atoms with Crippen LogP contribution >= 0.6 is 0 Å². The van der Waals surface area contributed by atoms with Crippen LogP contribution in [0.5, 0.6) is 0 Å². The number of carbonyl (C=O) groups excluding carboxylic acids is 9. The van der Waals surface area contributed by atoms with Crippen molar-refractivity contribution in [1.29, 1.82) is 0 Å². The van der Waals surface area contributed by atoms with E-state index in [1.807, 2.05) is 13.0 Å². The number of amides is 8. The molecule has 9 rings (SSSR count). The molecule has 4 unspecified atom stereocenters. The highest BCUT2D eigenvalue weighted by Crippen LogP contribution is 2.61. The summed E-state index contributed by atoms with van der Waals surface area (Å²) < 4.78 is 22.7. The van der Waals surface area contributed by atoms with E-state index in [2.05, 4.69) is 31.9 Å². The summed E-state index contributed by atoms with van der Waals surface area (Å²) in [5.41, 5.74) is 4.59. The van der Waals surface area contributed by atoms with Crippen molar-refractivity contribution in [1.82, 2.24) is 46.4 Å². The maximum atomic E-state index is 15.5. The highest BCUT2D eigenvalue weighted by Gasteiger charge is 2.63. The van der Waals surface area contributed by atoms with Crippen LogP contribution in [-0.2, 0) is 78.3 Å². The molecule has 5 atom stereocenters. The Morgan fingerprint density at radius 2 is 1.51 bits per heavy atom. The summed E-state index contributed by atoms with van der Waals surface area (Å²) in [6.45, 7) is 6.49. The smallest absolute Gasteiger partial charge is 0.317 e. The SMILES string of the molecule is Cc1c(F)cc2nc3c(c4c2c1CCC41CC1NC(=O)CCCNC(=O)CNC(=O)[C@@H](NC(=O)CNC(=O)CNC(=O)CCCCCN1C(=O)C=CC1=O)C(C)C)Cn1c-3cc2c(c1=O)COC(=O)C21CC1C. The molecule has 6 N–H and O–H groups in total. The molecule has 2 saturated carbocycles. The molecule has 21 heteroatoms. The highest BCUT2D eigenvalue weighted by atomic mass is 19.1. The van der Waals surface area contributed by atoms with E-state index in [1.165, 1.54) is 18.2 Å². The summed E-state index contributed by atoms with van der Waals surface area (Å²) in [5.74, 6) is -4.74. The van der Waals surface area contributed by atoms with Crippen LogP contribution in [0.2, 0.25) is 0 Å². The Labute approximate surface area is 419 Å². The second-order valence-electron chi connectivity index (χ2n) is 20.6. The van der Waals surface area contributed by atoms with E-state index < -0.39 is 47.0 Å². The number of rotatable bonds is 20. The summed E-state index contributed by atoms with van der Waals surface area (Å²) in [6.07, 6.45) is 7.07. The van der Waals surface area contributed by atoms with Crippen LogP contribution in [0.1, 0.15) is 112 Å². The molecule has 2 aromatic heterocycles. The molecule has 8 amide bonds. The zero-order chi connectivity index (χ0) is 52.1. The van der Waals surface area contributed by atoms with E-state index in [-0.39, 0.29) is 111 Å². The first-order valence-corrected chi connectivity index (χ1v) is 25.1. The van der Waals surface area contributed by atoms with Crippen molar-refractivity contribution in [3.8, 4) is 11.4 Å². The Morgan fingerprint density at radius 1 is 0.822 bits per heavy atom. The van der Waals surface area contributed by atoms with Crippen molar-refractivity contribution in [3.05, 3.63) is 73.8 Å². The van der Waals surface area contributed by atoms with E-state index in [9.17, 15) is 47.9 Å². The van der Waals surface area contributed by atoms with E-state index in [0.717, 1.165) is 27.0 Å². The quantitative estimate of drug-likeness (QED) is 0.0414. The number of hydrogen-bond donors (Lipinski definition) is 6. The third-order valence-electron chi connectivity index (χ3n) is 15.6. The molecular formula is C52H60FN9O11. The summed E-state index contributed by atoms with van der Waals surface area (Å²) >= 11 is 0. The lowest BCUT2D eigenvalue weighted by Crippen LogP contribution is -2.53. The molecule has 73 heavy (non-hydrogen) atoms. The van der Waals surface area contributed by atoms with Crippen LogP contribution in [0.25, 0.3) is 22.3 Å². The van der Waals surface area contributed by atoms with Gasteiger partial charge in [-0.15, -0.1) is 0 Å². The van der Waals surface area contributed by atoms with Gasteiger partial charge in [0.2, 0.25) is 35.4 Å². The van der Waals surface area contributed by atoms with Crippen LogP contribution in [0.3, 0.4) is 0 Å². The average Bonchev–Trinajstić information content (AvgIpc) is 4.13. The third kappa shape index (κ3) is 9.60. The zero-order valence-corrected chi connectivity index (χ0v) is 41.3. The fourth-order valence-corrected chi connectivity index (χ4v) is 11.3. The molecule has 3 aliphatic carbocycles. The van der Waals surface area contributed by atoms with Gasteiger partial charge >= 0.3 is 5.97 Å². The van der Waals surface area contributed by atoms with Crippen molar-refractivity contribution in [2.24, 2.45) is 11.8 Å². The van der Waals surface area contributed by atoms with E-state index in [0.29, 0.717) is 85.0 Å². The normalized spacial score (nSPS) is 21.9. The number of halogens is 1. The number of esters is 1. The van der Waals surface area contributed by atoms with Gasteiger partial charge in [0.15, 0.2) is 0 Å². The maximum absolute atomic E-state index is 15.5. The predicted molar refractivity (Wildman–Crippen MR) is 259 cm³/mol. The third-order valence-corrected chi connectivity index (χ3v) is 15.6. The van der Waals surface area contributed by atoms with Crippen LogP contribution in [0.15, 0.2) is 29.1 Å². The van der Waals surface area contributed by atoms with Gasteiger partial charge in [0.25, 0.3) is 17.4 Å². The zero-order valence-electron chi connectivity index (χ0n) is 41.3. The molecule has 0 radical (unpaired) electrons. The largest absolute Gasteiger partial charge is 0.460 e. The molecule has 0 bridgehead atoms. The van der Waals surface area contributed by atoms with Gasteiger partial charge in [0, 0.05) is 66.6 Å². The number of benzene rings is 1. The molecule has 386 valence electrons. The molecule has 2 fully saturated rings. The first-order valence-electron chi connectivity index (χ1n) is 25.1. The van der Waals surface area contributed by atoms with Gasteiger partial charge in [-0.1, -0.05) is 27.2 Å². The van der Waals surface area contributed by atoms with Gasteiger partial charge in [-0.05, 0) is 92.0 Å². The van der Waals surface area contributed by atoms with Crippen molar-refractivity contribution in [3.63, 3.8) is 0 Å². The lowest BCUT2D eigenvalue weighted by molar-refractivity contribution is -0.150. The van der Waals surface area contributed by atoms with Gasteiger partial charge in [-0.25, -0.2) is 9.37 Å². The maximum Gasteiger partial charge on any atom is 0.317 e. The summed E-state index contributed by atoms with van der Waals surface area (Å²) in [7, 11) is 0. The number of fused-ring (bicyclic) bond motifs is 7. The van der Waals surface area contributed by atoms with Crippen LogP contribution in [0.4, 0.5) is 4.39 Å². The molecule has 6 aliphatic rings. The minimum absolute atomic E-state index is 0.0273. The Balaban J connectivity index is 0.715. The summed E-state index contributed by atoms with van der Waals surface area (Å²) in [5, 5.41) is 16.7. The summed E-state index contributed by atoms with van der Waals surface area (Å²) in [6, 6.07) is 2.11. The number of aromatic nitrogens is 2. The topological polar surface area (TPSA) is 273 Å². The minimum Gasteiger partial charge on any atom is -0.460 e. The number of hydrogen-bond acceptors (Lipinski definition) is 12. The monoisotopic (exact) mass is 1010 g/mol. The van der Waals surface area contributed by atoms with Gasteiger partial charge in [0.05, 0.1) is 54.1 Å². The number of pyridine rings is 2. The van der Waals surface area contributed by atoms with Crippen molar-refractivity contribution >= 4 is 64.1 Å². The van der Waals surface area contributed by atoms with Gasteiger partial charge < -0.3 is 41.2 Å². The Kier molecular flexibility index (Phi) is 13.8. The van der Waals surface area contributed by atoms with Crippen molar-refractivity contribution in [2.75, 3.05) is 32.7 Å². The fraction of sp³-hybridized carbons (Fsp3) is 0.519. The number of nitrogens with one attached hydrogen (secondary N) is 6. The number of cyclic esters (lactones) is 1. The predicted octanol–water partition coefficient (Wildman–Crippen LogP) is 1.15. The molecule has 2 spiro atoms. The molecule has 3 aromatic rings. The molecule has 3 aliphatic heterocycles. The van der Waals surface area contributed by atoms with Crippen LogP contribution in [0, 0.1) is 24.6 Å². The molecule has 1 aromatic carbocycles. The van der Waals surface area contributed by atoms with Crippen LogP contribution in [-0.4, -0.2) is 112 Å². The second-order valence-corrected chi connectivity index (χ2v) is 20.6. The number of nitrogens with zero attached hydrogens (tertiary/aromatic N) is 3. The number of ether oxygens (including phenoxy) is 1.